The van der Waals surface area contributed by atoms with Crippen LogP contribution in [0.15, 0.2) is 152 Å². The van der Waals surface area contributed by atoms with E-state index in [9.17, 15) is 0 Å². The Kier molecular flexibility index (Phi) is 5.74. The van der Waals surface area contributed by atoms with E-state index in [0.29, 0.717) is 0 Å². The van der Waals surface area contributed by atoms with Gasteiger partial charge in [0.1, 0.15) is 0 Å². The molecule has 0 amide bonds. The Bertz CT molecular complexity index is 2440. The Morgan fingerprint density at radius 2 is 0.886 bits per heavy atom. The summed E-state index contributed by atoms with van der Waals surface area (Å²) in [6.45, 7) is 0. The minimum atomic E-state index is 1.09. The molecule has 206 valence electrons. The first kappa shape index (κ1) is 25.1. The molecule has 1 aliphatic rings. The molecule has 0 aliphatic heterocycles. The number of fused-ring (bicyclic) bond motifs is 5. The van der Waals surface area contributed by atoms with Crippen LogP contribution in [0.5, 0.6) is 0 Å². The van der Waals surface area contributed by atoms with Crippen LogP contribution in [-0.2, 0) is 6.42 Å². The lowest BCUT2D eigenvalue weighted by molar-refractivity contribution is 0.986. The molecule has 0 heterocycles. The third-order valence-electron chi connectivity index (χ3n) is 9.45. The predicted molar refractivity (Wildman–Crippen MR) is 190 cm³/mol. The van der Waals surface area contributed by atoms with Crippen LogP contribution < -0.4 is 0 Å². The quantitative estimate of drug-likeness (QED) is 0.189. The van der Waals surface area contributed by atoms with Gasteiger partial charge in [0.15, 0.2) is 0 Å². The summed E-state index contributed by atoms with van der Waals surface area (Å²) in [5.74, 6) is 0. The van der Waals surface area contributed by atoms with Crippen molar-refractivity contribution in [1.82, 2.24) is 0 Å². The number of rotatable bonds is 3. The van der Waals surface area contributed by atoms with E-state index in [-0.39, 0.29) is 0 Å². The van der Waals surface area contributed by atoms with Gasteiger partial charge in [-0.15, -0.1) is 0 Å². The Labute approximate surface area is 257 Å². The largest absolute Gasteiger partial charge is 0.0836 e. The van der Waals surface area contributed by atoms with Crippen molar-refractivity contribution in [3.63, 3.8) is 0 Å². The van der Waals surface area contributed by atoms with Gasteiger partial charge in [0, 0.05) is 0 Å². The first-order valence-electron chi connectivity index (χ1n) is 15.6. The fourth-order valence-electron chi connectivity index (χ4n) is 7.28. The van der Waals surface area contributed by atoms with Crippen LogP contribution in [0.25, 0.3) is 82.5 Å². The van der Waals surface area contributed by atoms with Crippen LogP contribution in [0.1, 0.15) is 17.5 Å². The maximum Gasteiger partial charge on any atom is -0.00259 e. The second-order valence-corrected chi connectivity index (χ2v) is 12.0. The molecule has 0 atom stereocenters. The second-order valence-electron chi connectivity index (χ2n) is 12.0. The van der Waals surface area contributed by atoms with Crippen molar-refractivity contribution in [3.05, 3.63) is 163 Å². The van der Waals surface area contributed by atoms with Crippen molar-refractivity contribution in [3.8, 4) is 33.4 Å². The van der Waals surface area contributed by atoms with Gasteiger partial charge in [-0.05, 0) is 119 Å². The summed E-state index contributed by atoms with van der Waals surface area (Å²) in [6, 6.07) is 54.2. The van der Waals surface area contributed by atoms with Gasteiger partial charge in [0.2, 0.25) is 0 Å². The highest BCUT2D eigenvalue weighted by Gasteiger charge is 2.19. The van der Waals surface area contributed by atoms with Crippen LogP contribution in [0, 0.1) is 0 Å². The highest BCUT2D eigenvalue weighted by atomic mass is 14.2. The third-order valence-corrected chi connectivity index (χ3v) is 9.45. The molecule has 0 N–H and O–H groups in total. The molecule has 0 unspecified atom stereocenters. The zero-order valence-corrected chi connectivity index (χ0v) is 24.4. The lowest BCUT2D eigenvalue weighted by Gasteiger charge is -2.20. The van der Waals surface area contributed by atoms with Crippen molar-refractivity contribution in [2.75, 3.05) is 0 Å². The summed E-state index contributed by atoms with van der Waals surface area (Å²) < 4.78 is 0. The first-order valence-corrected chi connectivity index (χ1v) is 15.6. The third kappa shape index (κ3) is 4.07. The van der Waals surface area contributed by atoms with Crippen molar-refractivity contribution < 1.29 is 0 Å². The van der Waals surface area contributed by atoms with Crippen molar-refractivity contribution >= 4 is 49.2 Å². The zero-order chi connectivity index (χ0) is 29.0. The molecule has 0 saturated carbocycles. The highest BCUT2D eigenvalue weighted by Crippen LogP contribution is 2.46. The summed E-state index contributed by atoms with van der Waals surface area (Å²) in [7, 11) is 0. The van der Waals surface area contributed by atoms with E-state index in [4.69, 9.17) is 0 Å². The van der Waals surface area contributed by atoms with Gasteiger partial charge >= 0.3 is 0 Å². The SMILES string of the molecule is C1=Cc2ccc(-c3c4ccccc4c(-c4ccc5ccccc5c4)c4cc(-c5ccc6ccccc6c5)ccc34)cc2CC1. The lowest BCUT2D eigenvalue weighted by atomic mass is 9.83. The molecule has 8 aromatic rings. The molecule has 0 aromatic heterocycles. The normalized spacial score (nSPS) is 12.7. The van der Waals surface area contributed by atoms with Crippen molar-refractivity contribution in [2.45, 2.75) is 12.8 Å². The fourth-order valence-corrected chi connectivity index (χ4v) is 7.28. The molecular weight excluding hydrogens is 528 g/mol. The smallest absolute Gasteiger partial charge is 0.00259 e. The lowest BCUT2D eigenvalue weighted by Crippen LogP contribution is -1.96. The maximum atomic E-state index is 2.44. The number of aryl methyl sites for hydroxylation is 1. The topological polar surface area (TPSA) is 0 Å². The predicted octanol–water partition coefficient (Wildman–Crippen LogP) is 12.3. The molecule has 0 bridgehead atoms. The average molecular weight is 559 g/mol. The molecule has 9 rings (SSSR count). The zero-order valence-electron chi connectivity index (χ0n) is 24.4. The average Bonchev–Trinajstić information content (AvgIpc) is 3.09. The monoisotopic (exact) mass is 558 g/mol. The molecule has 0 saturated heterocycles. The van der Waals surface area contributed by atoms with Gasteiger partial charge in [-0.3, -0.25) is 0 Å². The van der Waals surface area contributed by atoms with Crippen LogP contribution >= 0.6 is 0 Å². The van der Waals surface area contributed by atoms with Gasteiger partial charge in [-0.25, -0.2) is 0 Å². The van der Waals surface area contributed by atoms with E-state index in [2.05, 4.69) is 158 Å². The molecule has 0 heteroatoms. The molecule has 8 aromatic carbocycles. The Morgan fingerprint density at radius 1 is 0.364 bits per heavy atom. The Balaban J connectivity index is 1.38. The van der Waals surface area contributed by atoms with E-state index >= 15 is 0 Å². The molecular formula is C44H30. The van der Waals surface area contributed by atoms with Crippen molar-refractivity contribution in [2.24, 2.45) is 0 Å². The van der Waals surface area contributed by atoms with E-state index in [0.717, 1.165) is 12.8 Å². The van der Waals surface area contributed by atoms with Gasteiger partial charge < -0.3 is 0 Å². The summed E-state index contributed by atoms with van der Waals surface area (Å²) >= 11 is 0. The van der Waals surface area contributed by atoms with Crippen molar-refractivity contribution in [1.29, 1.82) is 0 Å². The van der Waals surface area contributed by atoms with Gasteiger partial charge in [-0.1, -0.05) is 140 Å². The number of hydrogen-bond acceptors (Lipinski definition) is 0. The Morgan fingerprint density at radius 3 is 1.64 bits per heavy atom. The molecule has 44 heavy (non-hydrogen) atoms. The summed E-state index contributed by atoms with van der Waals surface area (Å²) in [4.78, 5) is 0. The molecule has 0 fully saturated rings. The van der Waals surface area contributed by atoms with E-state index in [1.54, 1.807) is 0 Å². The van der Waals surface area contributed by atoms with Gasteiger partial charge in [-0.2, -0.15) is 0 Å². The molecule has 0 radical (unpaired) electrons. The van der Waals surface area contributed by atoms with Gasteiger partial charge in [0.05, 0.1) is 0 Å². The van der Waals surface area contributed by atoms with E-state index < -0.39 is 0 Å². The van der Waals surface area contributed by atoms with Crippen LogP contribution in [0.3, 0.4) is 0 Å². The molecule has 0 nitrogen and oxygen atoms in total. The number of allylic oxidation sites excluding steroid dienone is 1. The highest BCUT2D eigenvalue weighted by molar-refractivity contribution is 6.22. The fraction of sp³-hybridized carbons (Fsp3) is 0.0455. The minimum Gasteiger partial charge on any atom is -0.0836 e. The van der Waals surface area contributed by atoms with Crippen LogP contribution in [-0.4, -0.2) is 0 Å². The minimum absolute atomic E-state index is 1.09. The summed E-state index contributed by atoms with van der Waals surface area (Å²) in [6.07, 6.45) is 6.77. The van der Waals surface area contributed by atoms with Gasteiger partial charge in [0.25, 0.3) is 0 Å². The second kappa shape index (κ2) is 10.1. The summed E-state index contributed by atoms with van der Waals surface area (Å²) in [5, 5.41) is 10.2. The standard InChI is InChI=1S/C44H30/c1-4-12-32-25-35(20-17-29(32)9-1)36-23-24-41-42(28-36)44(38-22-19-31-11-3-6-14-34(31)27-38)40-16-8-7-15-39(40)43(41)37-21-18-30-10-2-5-13-33(30)26-37/h1-4,6-12,14-28H,5,13H2. The number of hydrogen-bond donors (Lipinski definition) is 0. The Hall–Kier alpha value is -5.46. The summed E-state index contributed by atoms with van der Waals surface area (Å²) in [5.41, 5.74) is 10.4. The molecule has 1 aliphatic carbocycles. The number of benzene rings is 8. The maximum absolute atomic E-state index is 2.44. The van der Waals surface area contributed by atoms with Crippen LogP contribution in [0.2, 0.25) is 0 Å². The van der Waals surface area contributed by atoms with E-state index in [1.165, 1.54) is 87.6 Å². The molecule has 0 spiro atoms. The first-order chi connectivity index (χ1) is 21.8. The van der Waals surface area contributed by atoms with Crippen LogP contribution in [0.4, 0.5) is 0 Å². The van der Waals surface area contributed by atoms with E-state index in [1.807, 2.05) is 0 Å².